The van der Waals surface area contributed by atoms with Gasteiger partial charge in [-0.05, 0) is 18.4 Å². The summed E-state index contributed by atoms with van der Waals surface area (Å²) in [7, 11) is 0. The number of thioether (sulfide) groups is 1. The van der Waals surface area contributed by atoms with E-state index in [1.807, 2.05) is 42.1 Å². The van der Waals surface area contributed by atoms with Crippen LogP contribution in [0.15, 0.2) is 30.3 Å². The van der Waals surface area contributed by atoms with E-state index in [-0.39, 0.29) is 0 Å². The zero-order valence-electron chi connectivity index (χ0n) is 8.42. The molecular formula is C12H15NS. The molecule has 0 heterocycles. The van der Waals surface area contributed by atoms with Crippen molar-refractivity contribution in [2.24, 2.45) is 0 Å². The molecule has 0 radical (unpaired) electrons. The molecular weight excluding hydrogens is 190 g/mol. The molecule has 0 aliphatic rings. The van der Waals surface area contributed by atoms with Crippen molar-refractivity contribution < 1.29 is 0 Å². The molecule has 1 N–H and O–H groups in total. The van der Waals surface area contributed by atoms with E-state index in [2.05, 4.69) is 23.4 Å². The van der Waals surface area contributed by atoms with Crippen LogP contribution in [0.2, 0.25) is 0 Å². The van der Waals surface area contributed by atoms with Gasteiger partial charge in [0.2, 0.25) is 0 Å². The van der Waals surface area contributed by atoms with Gasteiger partial charge in [0.25, 0.3) is 0 Å². The van der Waals surface area contributed by atoms with E-state index in [0.29, 0.717) is 0 Å². The first-order valence-electron chi connectivity index (χ1n) is 4.67. The van der Waals surface area contributed by atoms with Crippen molar-refractivity contribution in [1.82, 2.24) is 5.32 Å². The molecule has 0 saturated heterocycles. The Hall–Kier alpha value is -0.910. The van der Waals surface area contributed by atoms with E-state index in [0.717, 1.165) is 24.4 Å². The van der Waals surface area contributed by atoms with Crippen molar-refractivity contribution in [2.75, 3.05) is 25.1 Å². The minimum absolute atomic E-state index is 0.773. The highest BCUT2D eigenvalue weighted by molar-refractivity contribution is 7.98. The van der Waals surface area contributed by atoms with Gasteiger partial charge in [0.1, 0.15) is 0 Å². The Morgan fingerprint density at radius 2 is 2.07 bits per heavy atom. The Morgan fingerprint density at radius 3 is 2.79 bits per heavy atom. The smallest absolute Gasteiger partial charge is 0.0580 e. The molecule has 1 aromatic carbocycles. The molecule has 0 unspecified atom stereocenters. The van der Waals surface area contributed by atoms with Crippen molar-refractivity contribution in [3.8, 4) is 11.8 Å². The number of nitrogens with one attached hydrogen (secondary N) is 1. The summed E-state index contributed by atoms with van der Waals surface area (Å²) < 4.78 is 0. The summed E-state index contributed by atoms with van der Waals surface area (Å²) in [6, 6.07) is 10.1. The first-order valence-corrected chi connectivity index (χ1v) is 6.06. The van der Waals surface area contributed by atoms with E-state index in [1.165, 1.54) is 0 Å². The van der Waals surface area contributed by atoms with Gasteiger partial charge in [-0.2, -0.15) is 11.8 Å². The van der Waals surface area contributed by atoms with Crippen molar-refractivity contribution in [1.29, 1.82) is 0 Å². The number of hydrogen-bond acceptors (Lipinski definition) is 2. The Morgan fingerprint density at radius 1 is 1.29 bits per heavy atom. The zero-order valence-corrected chi connectivity index (χ0v) is 9.23. The molecule has 74 valence electrons. The lowest BCUT2D eigenvalue weighted by atomic mass is 10.2. The first kappa shape index (κ1) is 11.2. The maximum absolute atomic E-state index is 3.26. The Balaban J connectivity index is 2.21. The van der Waals surface area contributed by atoms with Gasteiger partial charge in [-0.25, -0.2) is 0 Å². The number of rotatable bonds is 4. The normalized spacial score (nSPS) is 9.21. The molecule has 0 atom stereocenters. The highest BCUT2D eigenvalue weighted by Crippen LogP contribution is 1.94. The van der Waals surface area contributed by atoms with E-state index in [4.69, 9.17) is 0 Å². The van der Waals surface area contributed by atoms with Gasteiger partial charge in [0.05, 0.1) is 6.54 Å². The van der Waals surface area contributed by atoms with Crippen molar-refractivity contribution in [3.63, 3.8) is 0 Å². The summed E-state index contributed by atoms with van der Waals surface area (Å²) in [5.41, 5.74) is 1.08. The maximum Gasteiger partial charge on any atom is 0.0580 e. The van der Waals surface area contributed by atoms with E-state index in [1.54, 1.807) is 0 Å². The SMILES string of the molecule is CSCCNCC#Cc1ccccc1. The van der Waals surface area contributed by atoms with Gasteiger partial charge in [0, 0.05) is 17.9 Å². The van der Waals surface area contributed by atoms with Crippen LogP contribution >= 0.6 is 11.8 Å². The van der Waals surface area contributed by atoms with Crippen LogP contribution in [0.4, 0.5) is 0 Å². The molecule has 1 nitrogen and oxygen atoms in total. The summed E-state index contributed by atoms with van der Waals surface area (Å²) in [4.78, 5) is 0. The van der Waals surface area contributed by atoms with Crippen LogP contribution in [0, 0.1) is 11.8 Å². The second-order valence-corrected chi connectivity index (χ2v) is 3.82. The maximum atomic E-state index is 3.26. The molecule has 0 amide bonds. The molecule has 0 aliphatic heterocycles. The van der Waals surface area contributed by atoms with Gasteiger partial charge < -0.3 is 5.32 Å². The van der Waals surface area contributed by atoms with Gasteiger partial charge >= 0.3 is 0 Å². The Labute approximate surface area is 90.3 Å². The zero-order chi connectivity index (χ0) is 10.1. The van der Waals surface area contributed by atoms with Gasteiger partial charge in [0.15, 0.2) is 0 Å². The van der Waals surface area contributed by atoms with Crippen LogP contribution < -0.4 is 5.32 Å². The Kier molecular flexibility index (Phi) is 5.97. The fraction of sp³-hybridized carbons (Fsp3) is 0.333. The summed E-state index contributed by atoms with van der Waals surface area (Å²) in [6.07, 6.45) is 2.11. The highest BCUT2D eigenvalue weighted by atomic mass is 32.2. The van der Waals surface area contributed by atoms with Crippen LogP contribution in [0.1, 0.15) is 5.56 Å². The fourth-order valence-electron chi connectivity index (χ4n) is 0.993. The highest BCUT2D eigenvalue weighted by Gasteiger charge is 1.82. The summed E-state index contributed by atoms with van der Waals surface area (Å²) in [6.45, 7) is 1.81. The molecule has 0 aliphatic carbocycles. The Bertz CT molecular complexity index is 297. The van der Waals surface area contributed by atoms with E-state index < -0.39 is 0 Å². The average molecular weight is 205 g/mol. The predicted molar refractivity (Wildman–Crippen MR) is 64.6 cm³/mol. The predicted octanol–water partition coefficient (Wildman–Crippen LogP) is 1.99. The van der Waals surface area contributed by atoms with Crippen LogP contribution in [-0.4, -0.2) is 25.1 Å². The second-order valence-electron chi connectivity index (χ2n) is 2.84. The summed E-state index contributed by atoms with van der Waals surface area (Å²) in [5, 5.41) is 3.26. The van der Waals surface area contributed by atoms with Crippen LogP contribution in [0.25, 0.3) is 0 Å². The third-order valence-corrected chi connectivity index (χ3v) is 2.32. The largest absolute Gasteiger partial charge is 0.305 e. The molecule has 0 aromatic heterocycles. The van der Waals surface area contributed by atoms with Crippen LogP contribution in [0.3, 0.4) is 0 Å². The first-order chi connectivity index (χ1) is 6.93. The standard InChI is InChI=1S/C12H15NS/c1-14-11-10-13-9-5-8-12-6-3-2-4-7-12/h2-4,6-7,13H,9-11H2,1H3. The topological polar surface area (TPSA) is 12.0 Å². The molecule has 0 spiro atoms. The summed E-state index contributed by atoms with van der Waals surface area (Å²) in [5.74, 6) is 7.34. The third-order valence-electron chi connectivity index (χ3n) is 1.70. The monoisotopic (exact) mass is 205 g/mol. The number of hydrogen-bond donors (Lipinski definition) is 1. The third kappa shape index (κ3) is 4.96. The quantitative estimate of drug-likeness (QED) is 0.596. The lowest BCUT2D eigenvalue weighted by molar-refractivity contribution is 0.818. The van der Waals surface area contributed by atoms with Gasteiger partial charge in [-0.15, -0.1) is 0 Å². The molecule has 1 aromatic rings. The molecule has 1 rings (SSSR count). The van der Waals surface area contributed by atoms with Crippen molar-refractivity contribution >= 4 is 11.8 Å². The molecule has 0 fully saturated rings. The van der Waals surface area contributed by atoms with E-state index in [9.17, 15) is 0 Å². The minimum atomic E-state index is 0.773. The minimum Gasteiger partial charge on any atom is -0.305 e. The molecule has 0 bridgehead atoms. The number of benzene rings is 1. The van der Waals surface area contributed by atoms with Crippen molar-refractivity contribution in [3.05, 3.63) is 35.9 Å². The molecule has 0 saturated carbocycles. The van der Waals surface area contributed by atoms with Crippen LogP contribution in [-0.2, 0) is 0 Å². The van der Waals surface area contributed by atoms with Crippen LogP contribution in [0.5, 0.6) is 0 Å². The lowest BCUT2D eigenvalue weighted by Crippen LogP contribution is -2.16. The van der Waals surface area contributed by atoms with Gasteiger partial charge in [-0.1, -0.05) is 30.0 Å². The fourth-order valence-corrected chi connectivity index (χ4v) is 1.34. The molecule has 14 heavy (non-hydrogen) atoms. The summed E-state index contributed by atoms with van der Waals surface area (Å²) >= 11 is 1.85. The lowest BCUT2D eigenvalue weighted by Gasteiger charge is -1.95. The van der Waals surface area contributed by atoms with E-state index >= 15 is 0 Å². The average Bonchev–Trinajstić information content (AvgIpc) is 2.25. The second kappa shape index (κ2) is 7.49. The van der Waals surface area contributed by atoms with Crippen molar-refractivity contribution in [2.45, 2.75) is 0 Å². The molecule has 2 heteroatoms. The van der Waals surface area contributed by atoms with Gasteiger partial charge in [-0.3, -0.25) is 0 Å².